The normalized spacial score (nSPS) is 14.5. The number of aromatic nitrogens is 3. The number of hydrogen-bond acceptors (Lipinski definition) is 5. The van der Waals surface area contributed by atoms with Crippen molar-refractivity contribution in [3.8, 4) is 11.4 Å². The van der Waals surface area contributed by atoms with Crippen LogP contribution in [0, 0.1) is 13.8 Å². The number of pyridine rings is 1. The number of rotatable bonds is 3. The first-order chi connectivity index (χ1) is 9.15. The van der Waals surface area contributed by atoms with Crippen molar-refractivity contribution in [3.63, 3.8) is 0 Å². The van der Waals surface area contributed by atoms with Crippen LogP contribution in [-0.4, -0.2) is 15.0 Å². The van der Waals surface area contributed by atoms with Gasteiger partial charge in [0.05, 0.1) is 0 Å². The van der Waals surface area contributed by atoms with Crippen LogP contribution in [0.5, 0.6) is 0 Å². The number of nitrogens with two attached hydrogens (primary N) is 1. The molecule has 0 spiro atoms. The Morgan fingerprint density at radius 1 is 1.05 bits per heavy atom. The molecule has 19 heavy (non-hydrogen) atoms. The van der Waals surface area contributed by atoms with Gasteiger partial charge in [-0.1, -0.05) is 0 Å². The fourth-order valence-corrected chi connectivity index (χ4v) is 2.22. The van der Waals surface area contributed by atoms with Crippen LogP contribution in [-0.2, 0) is 0 Å². The molecule has 5 nitrogen and oxygen atoms in total. The smallest absolute Gasteiger partial charge is 0.161 e. The first-order valence-electron chi connectivity index (χ1n) is 6.47. The van der Waals surface area contributed by atoms with Gasteiger partial charge in [-0.3, -0.25) is 4.98 Å². The third kappa shape index (κ3) is 2.56. The monoisotopic (exact) mass is 255 g/mol. The van der Waals surface area contributed by atoms with Gasteiger partial charge in [0.2, 0.25) is 0 Å². The summed E-state index contributed by atoms with van der Waals surface area (Å²) in [6.07, 6.45) is 2.41. The van der Waals surface area contributed by atoms with E-state index in [0.717, 1.165) is 22.6 Å². The first-order valence-corrected chi connectivity index (χ1v) is 6.47. The molecule has 1 fully saturated rings. The van der Waals surface area contributed by atoms with Crippen molar-refractivity contribution in [1.82, 2.24) is 15.0 Å². The molecule has 0 aliphatic heterocycles. The van der Waals surface area contributed by atoms with E-state index < -0.39 is 0 Å². The molecule has 1 aliphatic carbocycles. The highest BCUT2D eigenvalue weighted by Crippen LogP contribution is 2.40. The summed E-state index contributed by atoms with van der Waals surface area (Å²) < 4.78 is 0. The second-order valence-corrected chi connectivity index (χ2v) is 5.06. The Hall–Kier alpha value is -2.01. The quantitative estimate of drug-likeness (QED) is 0.650. The molecule has 0 unspecified atom stereocenters. The molecule has 2 aromatic heterocycles. The molecule has 3 rings (SSSR count). The van der Waals surface area contributed by atoms with E-state index >= 15 is 0 Å². The number of aryl methyl sites for hydroxylation is 2. The van der Waals surface area contributed by atoms with Gasteiger partial charge in [-0.2, -0.15) is 0 Å². The van der Waals surface area contributed by atoms with Crippen molar-refractivity contribution in [2.24, 2.45) is 5.84 Å². The van der Waals surface area contributed by atoms with E-state index in [1.807, 2.05) is 32.0 Å². The van der Waals surface area contributed by atoms with E-state index in [2.05, 4.69) is 20.4 Å². The van der Waals surface area contributed by atoms with Gasteiger partial charge in [-0.25, -0.2) is 15.8 Å². The predicted octanol–water partition coefficient (Wildman–Crippen LogP) is 2.32. The van der Waals surface area contributed by atoms with Crippen LogP contribution in [0.1, 0.15) is 35.8 Å². The number of anilines is 1. The Kier molecular flexibility index (Phi) is 2.91. The highest BCUT2D eigenvalue weighted by atomic mass is 15.3. The summed E-state index contributed by atoms with van der Waals surface area (Å²) in [7, 11) is 0. The van der Waals surface area contributed by atoms with Crippen molar-refractivity contribution < 1.29 is 0 Å². The van der Waals surface area contributed by atoms with Crippen LogP contribution >= 0.6 is 0 Å². The molecule has 1 aliphatic rings. The third-order valence-electron chi connectivity index (χ3n) is 3.23. The molecule has 5 heteroatoms. The molecule has 0 atom stereocenters. The number of nitrogens with one attached hydrogen (secondary N) is 1. The number of nitrogens with zero attached hydrogens (tertiary/aromatic N) is 3. The minimum atomic E-state index is 0.567. The molecule has 0 amide bonds. The van der Waals surface area contributed by atoms with E-state index in [1.165, 1.54) is 12.8 Å². The summed E-state index contributed by atoms with van der Waals surface area (Å²) in [5.41, 5.74) is 6.63. The van der Waals surface area contributed by atoms with Crippen LogP contribution in [0.4, 0.5) is 5.82 Å². The third-order valence-corrected chi connectivity index (χ3v) is 3.23. The van der Waals surface area contributed by atoms with E-state index in [4.69, 9.17) is 5.84 Å². The first kappa shape index (κ1) is 12.0. The molecule has 2 aromatic rings. The van der Waals surface area contributed by atoms with Crippen LogP contribution in [0.3, 0.4) is 0 Å². The number of nitrogen functional groups attached to an aromatic ring is 1. The summed E-state index contributed by atoms with van der Waals surface area (Å²) in [6.45, 7) is 3.95. The Bertz CT molecular complexity index is 599. The highest BCUT2D eigenvalue weighted by molar-refractivity contribution is 5.58. The molecule has 0 radical (unpaired) electrons. The van der Waals surface area contributed by atoms with E-state index in [0.29, 0.717) is 17.6 Å². The van der Waals surface area contributed by atoms with Crippen molar-refractivity contribution in [2.75, 3.05) is 5.43 Å². The lowest BCUT2D eigenvalue weighted by Crippen LogP contribution is -2.10. The lowest BCUT2D eigenvalue weighted by atomic mass is 10.1. The largest absolute Gasteiger partial charge is 0.308 e. The lowest BCUT2D eigenvalue weighted by Gasteiger charge is -2.08. The summed E-state index contributed by atoms with van der Waals surface area (Å²) in [6, 6.07) is 5.93. The minimum Gasteiger partial charge on any atom is -0.308 e. The Morgan fingerprint density at radius 2 is 1.74 bits per heavy atom. The Morgan fingerprint density at radius 3 is 2.32 bits per heavy atom. The van der Waals surface area contributed by atoms with Crippen LogP contribution in [0.2, 0.25) is 0 Å². The lowest BCUT2D eigenvalue weighted by molar-refractivity contribution is 0.988. The minimum absolute atomic E-state index is 0.567. The molecule has 0 bridgehead atoms. The van der Waals surface area contributed by atoms with Crippen LogP contribution in [0.25, 0.3) is 11.4 Å². The standard InChI is InChI=1S/C14H17N5/c1-8-5-11(6-9(2)16-8)14-17-12(10-3-4-10)7-13(18-14)19-15/h5-7,10H,3-4,15H2,1-2H3,(H,17,18,19). The van der Waals surface area contributed by atoms with E-state index in [9.17, 15) is 0 Å². The maximum absolute atomic E-state index is 5.49. The Balaban J connectivity index is 2.09. The van der Waals surface area contributed by atoms with Crippen molar-refractivity contribution >= 4 is 5.82 Å². The van der Waals surface area contributed by atoms with E-state index in [1.54, 1.807) is 0 Å². The fourth-order valence-electron chi connectivity index (χ4n) is 2.22. The molecule has 98 valence electrons. The topological polar surface area (TPSA) is 76.7 Å². The van der Waals surface area contributed by atoms with Crippen molar-refractivity contribution in [3.05, 3.63) is 35.3 Å². The zero-order valence-electron chi connectivity index (χ0n) is 11.1. The van der Waals surface area contributed by atoms with Gasteiger partial charge >= 0.3 is 0 Å². The van der Waals surface area contributed by atoms with Gasteiger partial charge in [-0.05, 0) is 38.8 Å². The van der Waals surface area contributed by atoms with Gasteiger partial charge < -0.3 is 5.43 Å². The number of hydrogen-bond donors (Lipinski definition) is 2. The predicted molar refractivity (Wildman–Crippen MR) is 74.5 cm³/mol. The van der Waals surface area contributed by atoms with Crippen molar-refractivity contribution in [1.29, 1.82) is 0 Å². The molecule has 2 heterocycles. The van der Waals surface area contributed by atoms with Crippen molar-refractivity contribution in [2.45, 2.75) is 32.6 Å². The zero-order chi connectivity index (χ0) is 13.4. The summed E-state index contributed by atoms with van der Waals surface area (Å²) in [5, 5.41) is 0. The van der Waals surface area contributed by atoms with Gasteiger partial charge in [0.15, 0.2) is 5.82 Å². The molecule has 0 aromatic carbocycles. The molecule has 1 saturated carbocycles. The maximum atomic E-state index is 5.49. The second kappa shape index (κ2) is 4.59. The fraction of sp³-hybridized carbons (Fsp3) is 0.357. The average molecular weight is 255 g/mol. The summed E-state index contributed by atoms with van der Waals surface area (Å²) in [4.78, 5) is 13.5. The summed E-state index contributed by atoms with van der Waals surface area (Å²) >= 11 is 0. The highest BCUT2D eigenvalue weighted by Gasteiger charge is 2.26. The molecular weight excluding hydrogens is 238 g/mol. The summed E-state index contributed by atoms with van der Waals surface area (Å²) in [5.74, 6) is 7.44. The van der Waals surface area contributed by atoms with Gasteiger partial charge in [-0.15, -0.1) is 0 Å². The Labute approximate surface area is 112 Å². The second-order valence-electron chi connectivity index (χ2n) is 5.06. The zero-order valence-corrected chi connectivity index (χ0v) is 11.1. The molecule has 3 N–H and O–H groups in total. The van der Waals surface area contributed by atoms with E-state index in [-0.39, 0.29) is 0 Å². The van der Waals surface area contributed by atoms with Gasteiger partial charge in [0.1, 0.15) is 5.82 Å². The van der Waals surface area contributed by atoms with Crippen LogP contribution < -0.4 is 11.3 Å². The van der Waals surface area contributed by atoms with Crippen LogP contribution in [0.15, 0.2) is 18.2 Å². The molecule has 0 saturated heterocycles. The number of hydrazine groups is 1. The van der Waals surface area contributed by atoms with Gasteiger partial charge in [0.25, 0.3) is 0 Å². The SMILES string of the molecule is Cc1cc(-c2nc(NN)cc(C3CC3)n2)cc(C)n1. The maximum Gasteiger partial charge on any atom is 0.161 e. The molecular formula is C14H17N5. The van der Waals surface area contributed by atoms with Gasteiger partial charge in [0, 0.05) is 34.6 Å². The average Bonchev–Trinajstić information content (AvgIpc) is 3.21.